The molecule has 0 aliphatic heterocycles. The minimum Gasteiger partial charge on any atom is -0.374 e. The topological polar surface area (TPSA) is 50.4 Å². The van der Waals surface area contributed by atoms with Crippen LogP contribution < -0.4 is 10.6 Å². The quantitative estimate of drug-likeness (QED) is 0.717. The molecule has 4 saturated carbocycles. The summed E-state index contributed by atoms with van der Waals surface area (Å²) >= 11 is 0. The average molecular weight is 357 g/mol. The fraction of sp³-hybridized carbons (Fsp3) is 0.682. The molecule has 4 aliphatic rings. The van der Waals surface area contributed by atoms with Crippen LogP contribution in [0.5, 0.6) is 0 Å². The van der Waals surface area contributed by atoms with Gasteiger partial charge in [0.15, 0.2) is 0 Å². The first-order chi connectivity index (χ1) is 12.7. The number of ether oxygens (including phenoxy) is 1. The van der Waals surface area contributed by atoms with Crippen molar-refractivity contribution in [1.82, 2.24) is 10.6 Å². The first-order valence-corrected chi connectivity index (χ1v) is 10.4. The van der Waals surface area contributed by atoms with E-state index in [4.69, 9.17) is 4.74 Å². The molecule has 1 aromatic carbocycles. The Morgan fingerprint density at radius 1 is 1.08 bits per heavy atom. The zero-order chi connectivity index (χ0) is 17.9. The average Bonchev–Trinajstić information content (AvgIpc) is 2.64. The summed E-state index contributed by atoms with van der Waals surface area (Å²) in [5.41, 5.74) is 1.19. The highest BCUT2D eigenvalue weighted by Gasteiger charge is 2.48. The standard InChI is InChI=1S/C22H32N2O2/c1-15(18-6-3-2-4-7-18)26-9-5-8-23-22(25)24-21-19-11-16-10-17(13-19)14-20(21)12-16/h2-4,6-7,15-17,19-21H,5,8-14H2,1H3,(H2,23,24,25). The zero-order valence-electron chi connectivity index (χ0n) is 15.8. The lowest BCUT2D eigenvalue weighted by atomic mass is 9.54. The summed E-state index contributed by atoms with van der Waals surface area (Å²) in [5.74, 6) is 3.35. The summed E-state index contributed by atoms with van der Waals surface area (Å²) in [7, 11) is 0. The maximum atomic E-state index is 12.3. The predicted molar refractivity (Wildman–Crippen MR) is 103 cm³/mol. The maximum absolute atomic E-state index is 12.3. The largest absolute Gasteiger partial charge is 0.374 e. The van der Waals surface area contributed by atoms with Gasteiger partial charge in [0, 0.05) is 19.2 Å². The lowest BCUT2D eigenvalue weighted by Gasteiger charge is -2.54. The lowest BCUT2D eigenvalue weighted by Crippen LogP contribution is -2.57. The van der Waals surface area contributed by atoms with Crippen LogP contribution in [0.3, 0.4) is 0 Å². The second kappa shape index (κ2) is 7.99. The fourth-order valence-electron chi connectivity index (χ4n) is 5.72. The summed E-state index contributed by atoms with van der Waals surface area (Å²) in [6.07, 6.45) is 7.73. The molecule has 2 N–H and O–H groups in total. The molecule has 4 heteroatoms. The van der Waals surface area contributed by atoms with E-state index in [-0.39, 0.29) is 12.1 Å². The third kappa shape index (κ3) is 4.06. The number of amides is 2. The Morgan fingerprint density at radius 3 is 2.38 bits per heavy atom. The van der Waals surface area contributed by atoms with Gasteiger partial charge >= 0.3 is 6.03 Å². The van der Waals surface area contributed by atoms with E-state index in [1.165, 1.54) is 37.7 Å². The predicted octanol–water partition coefficient (Wildman–Crippen LogP) is 4.28. The summed E-state index contributed by atoms with van der Waals surface area (Å²) in [5, 5.41) is 6.32. The van der Waals surface area contributed by atoms with E-state index in [0.29, 0.717) is 19.2 Å². The summed E-state index contributed by atoms with van der Waals surface area (Å²) in [4.78, 5) is 12.3. The van der Waals surface area contributed by atoms with Gasteiger partial charge in [-0.15, -0.1) is 0 Å². The third-order valence-electron chi connectivity index (χ3n) is 6.77. The van der Waals surface area contributed by atoms with Gasteiger partial charge in [-0.3, -0.25) is 0 Å². The number of benzene rings is 1. The van der Waals surface area contributed by atoms with Crippen LogP contribution in [0, 0.1) is 23.7 Å². The maximum Gasteiger partial charge on any atom is 0.315 e. The highest BCUT2D eigenvalue weighted by atomic mass is 16.5. The van der Waals surface area contributed by atoms with Gasteiger partial charge in [-0.1, -0.05) is 30.3 Å². The van der Waals surface area contributed by atoms with Gasteiger partial charge < -0.3 is 15.4 Å². The summed E-state index contributed by atoms with van der Waals surface area (Å²) in [6.45, 7) is 3.40. The molecule has 1 unspecified atom stereocenters. The van der Waals surface area contributed by atoms with Crippen LogP contribution in [0.1, 0.15) is 57.1 Å². The van der Waals surface area contributed by atoms with Crippen LogP contribution in [-0.2, 0) is 4.74 Å². The Morgan fingerprint density at radius 2 is 1.73 bits per heavy atom. The van der Waals surface area contributed by atoms with Crippen LogP contribution in [-0.4, -0.2) is 25.2 Å². The molecule has 1 aromatic rings. The number of nitrogens with one attached hydrogen (secondary N) is 2. The minimum absolute atomic E-state index is 0.0126. The smallest absolute Gasteiger partial charge is 0.315 e. The second-order valence-electron chi connectivity index (χ2n) is 8.63. The van der Waals surface area contributed by atoms with Crippen molar-refractivity contribution in [2.24, 2.45) is 23.7 Å². The van der Waals surface area contributed by atoms with Crippen molar-refractivity contribution >= 4 is 6.03 Å². The Hall–Kier alpha value is -1.55. The number of rotatable bonds is 7. The van der Waals surface area contributed by atoms with Gasteiger partial charge in [0.25, 0.3) is 0 Å². The van der Waals surface area contributed by atoms with Crippen molar-refractivity contribution in [1.29, 1.82) is 0 Å². The molecular weight excluding hydrogens is 324 g/mol. The molecule has 0 heterocycles. The van der Waals surface area contributed by atoms with Crippen molar-refractivity contribution in [3.63, 3.8) is 0 Å². The van der Waals surface area contributed by atoms with Crippen molar-refractivity contribution in [2.75, 3.05) is 13.2 Å². The molecule has 0 aromatic heterocycles. The molecule has 4 fully saturated rings. The van der Waals surface area contributed by atoms with Crippen LogP contribution in [0.25, 0.3) is 0 Å². The van der Waals surface area contributed by atoms with E-state index in [9.17, 15) is 4.79 Å². The number of carbonyl (C=O) groups excluding carboxylic acids is 1. The molecule has 1 atom stereocenters. The van der Waals surface area contributed by atoms with Crippen LogP contribution >= 0.6 is 0 Å². The molecule has 4 nitrogen and oxygen atoms in total. The molecule has 26 heavy (non-hydrogen) atoms. The first kappa shape index (κ1) is 17.8. The molecule has 4 aliphatic carbocycles. The number of carbonyl (C=O) groups is 1. The van der Waals surface area contributed by atoms with Crippen LogP contribution in [0.2, 0.25) is 0 Å². The molecular formula is C22H32N2O2. The second-order valence-corrected chi connectivity index (χ2v) is 8.63. The Kier molecular flexibility index (Phi) is 5.49. The van der Waals surface area contributed by atoms with Crippen molar-refractivity contribution in [3.8, 4) is 0 Å². The van der Waals surface area contributed by atoms with Crippen LogP contribution in [0.4, 0.5) is 4.79 Å². The first-order valence-electron chi connectivity index (χ1n) is 10.4. The van der Waals surface area contributed by atoms with Gasteiger partial charge in [-0.05, 0) is 74.7 Å². The monoisotopic (exact) mass is 356 g/mol. The number of hydrogen-bond acceptors (Lipinski definition) is 2. The normalized spacial score (nSPS) is 33.0. The molecule has 0 saturated heterocycles. The van der Waals surface area contributed by atoms with E-state index >= 15 is 0 Å². The van der Waals surface area contributed by atoms with E-state index in [1.807, 2.05) is 18.2 Å². The van der Waals surface area contributed by atoms with E-state index in [2.05, 4.69) is 29.7 Å². The Balaban J connectivity index is 1.13. The molecule has 0 spiro atoms. The van der Waals surface area contributed by atoms with Gasteiger partial charge in [-0.25, -0.2) is 4.79 Å². The Labute approximate surface area is 157 Å². The lowest BCUT2D eigenvalue weighted by molar-refractivity contribution is -0.00944. The van der Waals surface area contributed by atoms with Crippen LogP contribution in [0.15, 0.2) is 30.3 Å². The third-order valence-corrected chi connectivity index (χ3v) is 6.77. The van der Waals surface area contributed by atoms with Gasteiger partial charge in [0.05, 0.1) is 6.10 Å². The Bertz CT molecular complexity index is 575. The van der Waals surface area contributed by atoms with Gasteiger partial charge in [0.1, 0.15) is 0 Å². The zero-order valence-corrected chi connectivity index (χ0v) is 15.8. The van der Waals surface area contributed by atoms with E-state index in [0.717, 1.165) is 30.1 Å². The molecule has 0 radical (unpaired) electrons. The molecule has 4 bridgehead atoms. The number of hydrogen-bond donors (Lipinski definition) is 2. The van der Waals surface area contributed by atoms with E-state index < -0.39 is 0 Å². The summed E-state index contributed by atoms with van der Waals surface area (Å²) in [6, 6.07) is 10.7. The van der Waals surface area contributed by atoms with Gasteiger partial charge in [-0.2, -0.15) is 0 Å². The summed E-state index contributed by atoms with van der Waals surface area (Å²) < 4.78 is 5.87. The van der Waals surface area contributed by atoms with Crippen molar-refractivity contribution in [2.45, 2.75) is 57.6 Å². The van der Waals surface area contributed by atoms with Crippen molar-refractivity contribution < 1.29 is 9.53 Å². The van der Waals surface area contributed by atoms with E-state index in [1.54, 1.807) is 0 Å². The molecule has 5 rings (SSSR count). The fourth-order valence-corrected chi connectivity index (χ4v) is 5.72. The molecule has 142 valence electrons. The van der Waals surface area contributed by atoms with Gasteiger partial charge in [0.2, 0.25) is 0 Å². The molecule has 2 amide bonds. The minimum atomic E-state index is 0.0126. The highest BCUT2D eigenvalue weighted by Crippen LogP contribution is 2.53. The van der Waals surface area contributed by atoms with Crippen molar-refractivity contribution in [3.05, 3.63) is 35.9 Å². The highest BCUT2D eigenvalue weighted by molar-refractivity contribution is 5.74. The number of urea groups is 1. The SMILES string of the molecule is CC(OCCCNC(=O)NC1C2CC3CC(C2)CC1C3)c1ccccc1.